The van der Waals surface area contributed by atoms with Crippen LogP contribution in [0.5, 0.6) is 0 Å². The number of hydrogen-bond acceptors (Lipinski definition) is 2. The van der Waals surface area contributed by atoms with Gasteiger partial charge < -0.3 is 4.42 Å². The van der Waals surface area contributed by atoms with Crippen molar-refractivity contribution in [3.8, 4) is 11.3 Å². The second kappa shape index (κ2) is 4.31. The molecule has 0 saturated heterocycles. The molecule has 2 nitrogen and oxygen atoms in total. The number of para-hydroxylation sites is 1. The van der Waals surface area contributed by atoms with Gasteiger partial charge >= 0.3 is 0 Å². The maximum absolute atomic E-state index is 13.5. The van der Waals surface area contributed by atoms with Crippen LogP contribution in [0, 0.1) is 11.6 Å². The van der Waals surface area contributed by atoms with E-state index in [4.69, 9.17) is 4.42 Å². The summed E-state index contributed by atoms with van der Waals surface area (Å²) in [6.07, 6.45) is 0.442. The quantitative estimate of drug-likeness (QED) is 0.645. The molecule has 1 aromatic heterocycles. The lowest BCUT2D eigenvalue weighted by atomic mass is 10.1. The Morgan fingerprint density at radius 3 is 2.53 bits per heavy atom. The fraction of sp³-hybridized carbons (Fsp3) is 0. The highest BCUT2D eigenvalue weighted by molar-refractivity contribution is 5.84. The van der Waals surface area contributed by atoms with Crippen LogP contribution in [0.3, 0.4) is 0 Å². The molecule has 0 bridgehead atoms. The van der Waals surface area contributed by atoms with Crippen LogP contribution in [0.2, 0.25) is 0 Å². The molecule has 0 radical (unpaired) electrons. The van der Waals surface area contributed by atoms with E-state index in [2.05, 4.69) is 0 Å². The number of fused-ring (bicyclic) bond motifs is 1. The zero-order chi connectivity index (χ0) is 13.4. The van der Waals surface area contributed by atoms with Crippen LogP contribution in [-0.4, -0.2) is 6.29 Å². The standard InChI is InChI=1S/C15H8F2O2/c16-12-3-1-2-10-7-14(19-15(10)12)9-4-5-11(8-18)13(17)6-9/h1-8H. The maximum Gasteiger partial charge on any atom is 0.170 e. The second-order valence-corrected chi connectivity index (χ2v) is 4.12. The van der Waals surface area contributed by atoms with E-state index in [0.29, 0.717) is 23.0 Å². The summed E-state index contributed by atoms with van der Waals surface area (Å²) in [5.74, 6) is -0.737. The summed E-state index contributed by atoms with van der Waals surface area (Å²) < 4.78 is 32.4. The molecule has 0 spiro atoms. The lowest BCUT2D eigenvalue weighted by Gasteiger charge is -1.98. The van der Waals surface area contributed by atoms with Crippen molar-refractivity contribution in [3.63, 3.8) is 0 Å². The summed E-state index contributed by atoms with van der Waals surface area (Å²) >= 11 is 0. The molecule has 3 rings (SSSR count). The number of aldehydes is 1. The Balaban J connectivity index is 2.16. The van der Waals surface area contributed by atoms with Crippen LogP contribution in [0.25, 0.3) is 22.3 Å². The predicted molar refractivity (Wildman–Crippen MR) is 67.0 cm³/mol. The van der Waals surface area contributed by atoms with Crippen LogP contribution in [0.1, 0.15) is 10.4 Å². The molecule has 2 aromatic carbocycles. The summed E-state index contributed by atoms with van der Waals surface area (Å²) in [6.45, 7) is 0. The van der Waals surface area contributed by atoms with Crippen molar-refractivity contribution in [1.82, 2.24) is 0 Å². The average molecular weight is 258 g/mol. The van der Waals surface area contributed by atoms with Gasteiger partial charge in [0.2, 0.25) is 0 Å². The Labute approximate surface area is 107 Å². The predicted octanol–water partition coefficient (Wildman–Crippen LogP) is 4.19. The van der Waals surface area contributed by atoms with Crippen molar-refractivity contribution in [2.75, 3.05) is 0 Å². The molecule has 3 aromatic rings. The number of carbonyl (C=O) groups is 1. The minimum Gasteiger partial charge on any atom is -0.453 e. The van der Waals surface area contributed by atoms with Crippen molar-refractivity contribution in [3.05, 3.63) is 59.7 Å². The lowest BCUT2D eigenvalue weighted by Crippen LogP contribution is -1.87. The van der Waals surface area contributed by atoms with Crippen molar-refractivity contribution < 1.29 is 18.0 Å². The Hall–Kier alpha value is -2.49. The van der Waals surface area contributed by atoms with Gasteiger partial charge in [0.1, 0.15) is 11.6 Å². The van der Waals surface area contributed by atoms with E-state index in [-0.39, 0.29) is 11.1 Å². The van der Waals surface area contributed by atoms with Gasteiger partial charge in [0.25, 0.3) is 0 Å². The minimum atomic E-state index is -0.631. The number of rotatable bonds is 2. The molecule has 0 saturated carbocycles. The molecular weight excluding hydrogens is 250 g/mol. The molecule has 0 amide bonds. The topological polar surface area (TPSA) is 30.2 Å². The van der Waals surface area contributed by atoms with Gasteiger partial charge in [-0.25, -0.2) is 8.78 Å². The third-order valence-corrected chi connectivity index (χ3v) is 2.91. The first kappa shape index (κ1) is 11.6. The van der Waals surface area contributed by atoms with Gasteiger partial charge in [-0.1, -0.05) is 18.2 Å². The number of furan rings is 1. The molecule has 0 unspecified atom stereocenters. The normalized spacial score (nSPS) is 10.8. The molecular formula is C15H8F2O2. The number of halogens is 2. The third-order valence-electron chi connectivity index (χ3n) is 2.91. The summed E-state index contributed by atoms with van der Waals surface area (Å²) in [6, 6.07) is 10.3. The van der Waals surface area contributed by atoms with Crippen LogP contribution in [0.4, 0.5) is 8.78 Å². The largest absolute Gasteiger partial charge is 0.453 e. The average Bonchev–Trinajstić information content (AvgIpc) is 2.84. The Morgan fingerprint density at radius 1 is 1.00 bits per heavy atom. The molecule has 4 heteroatoms. The van der Waals surface area contributed by atoms with Gasteiger partial charge in [-0.15, -0.1) is 0 Å². The summed E-state index contributed by atoms with van der Waals surface area (Å²) in [5.41, 5.74) is 0.571. The van der Waals surface area contributed by atoms with Crippen molar-refractivity contribution in [2.45, 2.75) is 0 Å². The first-order chi connectivity index (χ1) is 9.19. The first-order valence-corrected chi connectivity index (χ1v) is 5.62. The summed E-state index contributed by atoms with van der Waals surface area (Å²) in [7, 11) is 0. The zero-order valence-electron chi connectivity index (χ0n) is 9.69. The van der Waals surface area contributed by atoms with Gasteiger partial charge in [-0.3, -0.25) is 4.79 Å². The first-order valence-electron chi connectivity index (χ1n) is 5.62. The minimum absolute atomic E-state index is 0.0222. The van der Waals surface area contributed by atoms with Crippen LogP contribution in [-0.2, 0) is 0 Å². The lowest BCUT2D eigenvalue weighted by molar-refractivity contribution is 0.112. The number of hydrogen-bond donors (Lipinski definition) is 0. The van der Waals surface area contributed by atoms with E-state index >= 15 is 0 Å². The summed E-state index contributed by atoms with van der Waals surface area (Å²) in [4.78, 5) is 10.5. The van der Waals surface area contributed by atoms with Crippen molar-refractivity contribution in [1.29, 1.82) is 0 Å². The number of benzene rings is 2. The molecule has 0 N–H and O–H groups in total. The van der Waals surface area contributed by atoms with Crippen molar-refractivity contribution >= 4 is 17.3 Å². The molecule has 0 aliphatic carbocycles. The fourth-order valence-electron chi connectivity index (χ4n) is 1.95. The van der Waals surface area contributed by atoms with Gasteiger partial charge in [0.05, 0.1) is 5.56 Å². The van der Waals surface area contributed by atoms with Gasteiger partial charge in [0.15, 0.2) is 17.7 Å². The smallest absolute Gasteiger partial charge is 0.170 e. The zero-order valence-corrected chi connectivity index (χ0v) is 9.69. The third kappa shape index (κ3) is 1.91. The Bertz CT molecular complexity index is 775. The highest BCUT2D eigenvalue weighted by atomic mass is 19.1. The van der Waals surface area contributed by atoms with Crippen LogP contribution in [0.15, 0.2) is 46.9 Å². The Kier molecular flexibility index (Phi) is 2.63. The highest BCUT2D eigenvalue weighted by Gasteiger charge is 2.11. The molecule has 94 valence electrons. The number of carbonyl (C=O) groups excluding carboxylic acids is 1. The molecule has 19 heavy (non-hydrogen) atoms. The maximum atomic E-state index is 13.5. The van der Waals surface area contributed by atoms with E-state index in [1.54, 1.807) is 24.3 Å². The molecule has 0 aliphatic rings. The second-order valence-electron chi connectivity index (χ2n) is 4.12. The molecule has 1 heterocycles. The van der Waals surface area contributed by atoms with E-state index in [0.717, 1.165) is 0 Å². The van der Waals surface area contributed by atoms with Gasteiger partial charge in [0, 0.05) is 10.9 Å². The molecule has 0 fully saturated rings. The summed E-state index contributed by atoms with van der Waals surface area (Å²) in [5, 5.41) is 0.606. The van der Waals surface area contributed by atoms with E-state index in [9.17, 15) is 13.6 Å². The Morgan fingerprint density at radius 2 is 1.84 bits per heavy atom. The van der Waals surface area contributed by atoms with Gasteiger partial charge in [-0.05, 0) is 24.3 Å². The van der Waals surface area contributed by atoms with Crippen LogP contribution < -0.4 is 0 Å². The van der Waals surface area contributed by atoms with Crippen molar-refractivity contribution in [2.24, 2.45) is 0 Å². The van der Waals surface area contributed by atoms with Crippen LogP contribution >= 0.6 is 0 Å². The molecule has 0 aliphatic heterocycles. The SMILES string of the molecule is O=Cc1ccc(-c2cc3cccc(F)c3o2)cc1F. The molecule has 0 atom stereocenters. The monoisotopic (exact) mass is 258 g/mol. The van der Waals surface area contributed by atoms with Gasteiger partial charge in [-0.2, -0.15) is 0 Å². The highest BCUT2D eigenvalue weighted by Crippen LogP contribution is 2.29. The van der Waals surface area contributed by atoms with E-state index in [1.807, 2.05) is 0 Å². The fourth-order valence-corrected chi connectivity index (χ4v) is 1.95. The van der Waals surface area contributed by atoms with E-state index in [1.165, 1.54) is 18.2 Å². The van der Waals surface area contributed by atoms with E-state index < -0.39 is 11.6 Å².